The summed E-state index contributed by atoms with van der Waals surface area (Å²) in [4.78, 5) is 18.9. The summed E-state index contributed by atoms with van der Waals surface area (Å²) in [5, 5.41) is 7.50. The Hall–Kier alpha value is -2.95. The maximum absolute atomic E-state index is 12.8. The number of H-pyrrole nitrogens is 1. The normalized spacial score (nSPS) is 17.3. The van der Waals surface area contributed by atoms with Crippen molar-refractivity contribution in [2.75, 3.05) is 13.1 Å². The van der Waals surface area contributed by atoms with E-state index in [0.717, 1.165) is 30.6 Å². The zero-order chi connectivity index (χ0) is 17.9. The standard InChI is InChI=1S/C21H22N4O/c1-15-7-2-3-9-17(15)18-13-23-24-20(18)16-8-6-12-25(14-16)21(26)19-10-4-5-11-22-19/h2-5,7,9-11,13,16H,6,8,12,14H2,1H3,(H,23,24). The molecule has 26 heavy (non-hydrogen) atoms. The molecule has 3 heterocycles. The highest BCUT2D eigenvalue weighted by atomic mass is 16.2. The molecule has 1 aromatic carbocycles. The van der Waals surface area contributed by atoms with Crippen LogP contribution in [-0.2, 0) is 0 Å². The van der Waals surface area contributed by atoms with Crippen LogP contribution in [0.15, 0.2) is 54.9 Å². The van der Waals surface area contributed by atoms with Crippen LogP contribution in [0.4, 0.5) is 0 Å². The number of nitrogens with one attached hydrogen (secondary N) is 1. The molecule has 132 valence electrons. The minimum Gasteiger partial charge on any atom is -0.337 e. The summed E-state index contributed by atoms with van der Waals surface area (Å²) in [6.07, 6.45) is 5.60. The van der Waals surface area contributed by atoms with E-state index in [9.17, 15) is 4.79 Å². The van der Waals surface area contributed by atoms with Gasteiger partial charge in [-0.3, -0.25) is 14.9 Å². The highest BCUT2D eigenvalue weighted by Crippen LogP contribution is 2.34. The minimum atomic E-state index is 0.00672. The number of nitrogens with zero attached hydrogens (tertiary/aromatic N) is 3. The number of rotatable bonds is 3. The smallest absolute Gasteiger partial charge is 0.272 e. The number of carbonyl (C=O) groups excluding carboxylic acids is 1. The van der Waals surface area contributed by atoms with Crippen LogP contribution in [0.25, 0.3) is 11.1 Å². The summed E-state index contributed by atoms with van der Waals surface area (Å²) in [5.41, 5.74) is 5.20. The fourth-order valence-corrected chi connectivity index (χ4v) is 3.75. The Balaban J connectivity index is 1.59. The van der Waals surface area contributed by atoms with Crippen LogP contribution in [-0.4, -0.2) is 39.1 Å². The third-order valence-corrected chi connectivity index (χ3v) is 5.10. The number of carbonyl (C=O) groups is 1. The molecule has 1 unspecified atom stereocenters. The first-order valence-electron chi connectivity index (χ1n) is 9.03. The van der Waals surface area contributed by atoms with Crippen molar-refractivity contribution in [3.05, 3.63) is 71.8 Å². The van der Waals surface area contributed by atoms with E-state index in [-0.39, 0.29) is 11.8 Å². The third kappa shape index (κ3) is 3.12. The second kappa shape index (κ2) is 7.12. The molecule has 0 spiro atoms. The average Bonchev–Trinajstić information content (AvgIpc) is 3.18. The predicted octanol–water partition coefficient (Wildman–Crippen LogP) is 3.80. The lowest BCUT2D eigenvalue weighted by atomic mass is 9.89. The van der Waals surface area contributed by atoms with E-state index >= 15 is 0 Å². The van der Waals surface area contributed by atoms with Gasteiger partial charge in [-0.1, -0.05) is 30.3 Å². The molecule has 2 aromatic heterocycles. The van der Waals surface area contributed by atoms with Gasteiger partial charge in [-0.25, -0.2) is 0 Å². The van der Waals surface area contributed by atoms with E-state index < -0.39 is 0 Å². The molecular formula is C21H22N4O. The summed E-state index contributed by atoms with van der Waals surface area (Å²) in [7, 11) is 0. The third-order valence-electron chi connectivity index (χ3n) is 5.10. The average molecular weight is 346 g/mol. The van der Waals surface area contributed by atoms with Gasteiger partial charge in [0.1, 0.15) is 5.69 Å². The summed E-state index contributed by atoms with van der Waals surface area (Å²) < 4.78 is 0. The number of aromatic amines is 1. The van der Waals surface area contributed by atoms with E-state index in [4.69, 9.17) is 0 Å². The van der Waals surface area contributed by atoms with Gasteiger partial charge in [0.25, 0.3) is 5.91 Å². The Morgan fingerprint density at radius 1 is 1.15 bits per heavy atom. The first-order valence-corrected chi connectivity index (χ1v) is 9.03. The molecule has 0 radical (unpaired) electrons. The maximum atomic E-state index is 12.8. The highest BCUT2D eigenvalue weighted by molar-refractivity contribution is 5.92. The molecule has 0 saturated carbocycles. The van der Waals surface area contributed by atoms with E-state index in [1.807, 2.05) is 29.3 Å². The molecule has 1 saturated heterocycles. The first kappa shape index (κ1) is 16.5. The zero-order valence-electron chi connectivity index (χ0n) is 14.9. The zero-order valence-corrected chi connectivity index (χ0v) is 14.9. The lowest BCUT2D eigenvalue weighted by Gasteiger charge is -2.32. The van der Waals surface area contributed by atoms with Crippen molar-refractivity contribution < 1.29 is 4.79 Å². The fourth-order valence-electron chi connectivity index (χ4n) is 3.75. The number of aromatic nitrogens is 3. The number of benzene rings is 1. The highest BCUT2D eigenvalue weighted by Gasteiger charge is 2.28. The number of hydrogen-bond acceptors (Lipinski definition) is 3. The topological polar surface area (TPSA) is 61.9 Å². The summed E-state index contributed by atoms with van der Waals surface area (Å²) in [6, 6.07) is 13.8. The van der Waals surface area contributed by atoms with Crippen molar-refractivity contribution in [3.8, 4) is 11.1 Å². The van der Waals surface area contributed by atoms with Crippen LogP contribution in [0.2, 0.25) is 0 Å². The van der Waals surface area contributed by atoms with E-state index in [1.54, 1.807) is 12.3 Å². The van der Waals surface area contributed by atoms with Gasteiger partial charge in [0.2, 0.25) is 0 Å². The molecule has 5 heteroatoms. The minimum absolute atomic E-state index is 0.00672. The van der Waals surface area contributed by atoms with Crippen LogP contribution in [0.3, 0.4) is 0 Å². The lowest BCUT2D eigenvalue weighted by molar-refractivity contribution is 0.0700. The number of aryl methyl sites for hydroxylation is 1. The molecule has 1 N–H and O–H groups in total. The molecule has 5 nitrogen and oxygen atoms in total. The summed E-state index contributed by atoms with van der Waals surface area (Å²) >= 11 is 0. The molecule has 0 aliphatic carbocycles. The number of pyridine rings is 1. The molecule has 1 amide bonds. The Morgan fingerprint density at radius 3 is 2.81 bits per heavy atom. The molecule has 1 aliphatic heterocycles. The second-order valence-electron chi connectivity index (χ2n) is 6.82. The summed E-state index contributed by atoms with van der Waals surface area (Å²) in [5.74, 6) is 0.265. The lowest BCUT2D eigenvalue weighted by Crippen LogP contribution is -2.39. The molecule has 0 bridgehead atoms. The van der Waals surface area contributed by atoms with Gasteiger partial charge in [0.15, 0.2) is 0 Å². The quantitative estimate of drug-likeness (QED) is 0.785. The van der Waals surface area contributed by atoms with Crippen LogP contribution in [0.5, 0.6) is 0 Å². The summed E-state index contributed by atoms with van der Waals surface area (Å²) in [6.45, 7) is 3.58. The van der Waals surface area contributed by atoms with Gasteiger partial charge in [-0.05, 0) is 43.0 Å². The molecule has 1 fully saturated rings. The van der Waals surface area contributed by atoms with Gasteiger partial charge in [-0.15, -0.1) is 0 Å². The van der Waals surface area contributed by atoms with E-state index in [1.165, 1.54) is 11.1 Å². The monoisotopic (exact) mass is 346 g/mol. The molecule has 1 atom stereocenters. The van der Waals surface area contributed by atoms with Gasteiger partial charge < -0.3 is 4.90 Å². The maximum Gasteiger partial charge on any atom is 0.272 e. The van der Waals surface area contributed by atoms with Gasteiger partial charge in [0.05, 0.1) is 6.20 Å². The van der Waals surface area contributed by atoms with Crippen molar-refractivity contribution in [2.45, 2.75) is 25.7 Å². The van der Waals surface area contributed by atoms with Crippen molar-refractivity contribution in [2.24, 2.45) is 0 Å². The Bertz CT molecular complexity index is 903. The van der Waals surface area contributed by atoms with Gasteiger partial charge in [-0.2, -0.15) is 5.10 Å². The number of likely N-dealkylation sites (tertiary alicyclic amines) is 1. The van der Waals surface area contributed by atoms with Crippen LogP contribution >= 0.6 is 0 Å². The van der Waals surface area contributed by atoms with Crippen molar-refractivity contribution in [1.29, 1.82) is 0 Å². The van der Waals surface area contributed by atoms with Crippen molar-refractivity contribution >= 4 is 5.91 Å². The SMILES string of the molecule is Cc1ccccc1-c1cn[nH]c1C1CCCN(C(=O)c2ccccn2)C1. The van der Waals surface area contributed by atoms with Crippen molar-refractivity contribution in [3.63, 3.8) is 0 Å². The first-order chi connectivity index (χ1) is 12.7. The Kier molecular flexibility index (Phi) is 4.52. The predicted molar refractivity (Wildman–Crippen MR) is 101 cm³/mol. The number of amides is 1. The second-order valence-corrected chi connectivity index (χ2v) is 6.82. The van der Waals surface area contributed by atoms with Gasteiger partial charge >= 0.3 is 0 Å². The van der Waals surface area contributed by atoms with Crippen LogP contribution < -0.4 is 0 Å². The number of hydrogen-bond donors (Lipinski definition) is 1. The van der Waals surface area contributed by atoms with E-state index in [0.29, 0.717) is 12.2 Å². The number of piperidine rings is 1. The largest absolute Gasteiger partial charge is 0.337 e. The molecule has 4 rings (SSSR count). The van der Waals surface area contributed by atoms with E-state index in [2.05, 4.69) is 40.3 Å². The van der Waals surface area contributed by atoms with Crippen LogP contribution in [0, 0.1) is 6.92 Å². The Morgan fingerprint density at radius 2 is 2.00 bits per heavy atom. The molecular weight excluding hydrogens is 324 g/mol. The van der Waals surface area contributed by atoms with Gasteiger partial charge in [0, 0.05) is 36.5 Å². The Labute approximate surface area is 153 Å². The molecule has 1 aliphatic rings. The van der Waals surface area contributed by atoms with Crippen LogP contribution in [0.1, 0.15) is 40.5 Å². The van der Waals surface area contributed by atoms with Crippen molar-refractivity contribution in [1.82, 2.24) is 20.1 Å². The molecule has 3 aromatic rings. The fraction of sp³-hybridized carbons (Fsp3) is 0.286.